The van der Waals surface area contributed by atoms with E-state index in [9.17, 15) is 12.8 Å². The number of benzene rings is 1. The highest BCUT2D eigenvalue weighted by atomic mass is 32.2. The average molecular weight is 315 g/mol. The van der Waals surface area contributed by atoms with Crippen molar-refractivity contribution in [2.75, 3.05) is 26.7 Å². The molecule has 0 bridgehead atoms. The molecule has 5 nitrogen and oxygen atoms in total. The van der Waals surface area contributed by atoms with Crippen molar-refractivity contribution >= 4 is 10.0 Å². The maximum Gasteiger partial charge on any atom is 0.243 e. The van der Waals surface area contributed by atoms with Crippen molar-refractivity contribution in [3.63, 3.8) is 0 Å². The molecule has 0 amide bonds. The second kappa shape index (κ2) is 5.64. The average Bonchev–Trinajstić information content (AvgIpc) is 2.41. The third kappa shape index (κ3) is 3.11. The lowest BCUT2D eigenvalue weighted by Crippen LogP contribution is -2.58. The number of hydrogen-bond acceptors (Lipinski definition) is 4. The lowest BCUT2D eigenvalue weighted by molar-refractivity contribution is 0.0801. The van der Waals surface area contributed by atoms with E-state index in [1.165, 1.54) is 16.4 Å². The summed E-state index contributed by atoms with van der Waals surface area (Å²) in [6.45, 7) is 5.44. The van der Waals surface area contributed by atoms with Crippen LogP contribution in [0.2, 0.25) is 0 Å². The van der Waals surface area contributed by atoms with Crippen LogP contribution in [0.3, 0.4) is 0 Å². The molecule has 0 atom stereocenters. The van der Waals surface area contributed by atoms with Gasteiger partial charge in [-0.1, -0.05) is 6.07 Å². The maximum atomic E-state index is 13.5. The van der Waals surface area contributed by atoms with Gasteiger partial charge in [0.25, 0.3) is 0 Å². The zero-order valence-electron chi connectivity index (χ0n) is 12.6. The molecular weight excluding hydrogens is 293 g/mol. The fourth-order valence-corrected chi connectivity index (χ4v) is 4.31. The maximum absolute atomic E-state index is 13.5. The molecule has 0 aliphatic carbocycles. The number of likely N-dealkylation sites (N-methyl/N-ethyl adjacent to an activating group) is 1. The Morgan fingerprint density at radius 3 is 2.57 bits per heavy atom. The van der Waals surface area contributed by atoms with Gasteiger partial charge in [0.1, 0.15) is 5.82 Å². The number of sulfonamides is 1. The van der Waals surface area contributed by atoms with Crippen LogP contribution in [-0.2, 0) is 16.6 Å². The van der Waals surface area contributed by atoms with Crippen LogP contribution in [0.1, 0.15) is 19.4 Å². The fraction of sp³-hybridized carbons (Fsp3) is 0.571. The number of nitrogens with two attached hydrogens (primary N) is 1. The van der Waals surface area contributed by atoms with Crippen LogP contribution >= 0.6 is 0 Å². The van der Waals surface area contributed by atoms with E-state index in [1.54, 1.807) is 0 Å². The summed E-state index contributed by atoms with van der Waals surface area (Å²) in [6.07, 6.45) is 0. The highest BCUT2D eigenvalue weighted by molar-refractivity contribution is 7.89. The normalized spacial score (nSPS) is 20.6. The van der Waals surface area contributed by atoms with Crippen molar-refractivity contribution in [1.82, 2.24) is 9.21 Å². The van der Waals surface area contributed by atoms with Crippen LogP contribution in [-0.4, -0.2) is 49.8 Å². The lowest BCUT2D eigenvalue weighted by Gasteiger charge is -2.44. The summed E-state index contributed by atoms with van der Waals surface area (Å²) in [7, 11) is -1.77. The Morgan fingerprint density at radius 1 is 1.33 bits per heavy atom. The summed E-state index contributed by atoms with van der Waals surface area (Å²) in [5.41, 5.74) is 5.76. The third-order valence-electron chi connectivity index (χ3n) is 4.15. The molecule has 0 radical (unpaired) electrons. The Bertz CT molecular complexity index is 631. The number of hydrogen-bond donors (Lipinski definition) is 1. The molecule has 2 rings (SSSR count). The lowest BCUT2D eigenvalue weighted by atomic mass is 10.0. The molecule has 1 heterocycles. The SMILES string of the molecule is CN1CCN(S(=O)(=O)c2cc(F)ccc2CN)CC1(C)C. The molecule has 0 spiro atoms. The molecule has 7 heteroatoms. The van der Waals surface area contributed by atoms with Gasteiger partial charge in [-0.3, -0.25) is 4.90 Å². The van der Waals surface area contributed by atoms with Gasteiger partial charge in [0.15, 0.2) is 0 Å². The van der Waals surface area contributed by atoms with E-state index in [0.717, 1.165) is 6.07 Å². The number of piperazine rings is 1. The van der Waals surface area contributed by atoms with Gasteiger partial charge in [-0.15, -0.1) is 0 Å². The zero-order valence-corrected chi connectivity index (χ0v) is 13.5. The topological polar surface area (TPSA) is 66.6 Å². The van der Waals surface area contributed by atoms with E-state index >= 15 is 0 Å². The van der Waals surface area contributed by atoms with Crippen LogP contribution in [0.15, 0.2) is 23.1 Å². The fourth-order valence-electron chi connectivity index (χ4n) is 2.48. The van der Waals surface area contributed by atoms with Gasteiger partial charge < -0.3 is 5.73 Å². The van der Waals surface area contributed by atoms with Gasteiger partial charge in [-0.2, -0.15) is 4.31 Å². The first-order valence-electron chi connectivity index (χ1n) is 6.88. The Morgan fingerprint density at radius 2 is 2.00 bits per heavy atom. The van der Waals surface area contributed by atoms with E-state index in [-0.39, 0.29) is 17.0 Å². The molecule has 1 fully saturated rings. The Hall–Kier alpha value is -1.02. The predicted molar refractivity (Wildman–Crippen MR) is 79.8 cm³/mol. The summed E-state index contributed by atoms with van der Waals surface area (Å²) in [4.78, 5) is 2.10. The summed E-state index contributed by atoms with van der Waals surface area (Å²) in [5, 5.41) is 0. The standard InChI is InChI=1S/C14H22FN3O2S/c1-14(2)10-18(7-6-17(14)3)21(19,20)13-8-12(15)5-4-11(13)9-16/h4-5,8H,6-7,9-10,16H2,1-3H3. The van der Waals surface area contributed by atoms with Gasteiger partial charge in [-0.25, -0.2) is 12.8 Å². The van der Waals surface area contributed by atoms with Crippen molar-refractivity contribution in [3.8, 4) is 0 Å². The summed E-state index contributed by atoms with van der Waals surface area (Å²) < 4.78 is 40.5. The van der Waals surface area contributed by atoms with Gasteiger partial charge in [-0.05, 0) is 38.6 Å². The molecule has 2 N–H and O–H groups in total. The molecule has 1 aromatic carbocycles. The second-order valence-electron chi connectivity index (χ2n) is 6.03. The van der Waals surface area contributed by atoms with Gasteiger partial charge in [0.05, 0.1) is 4.90 Å². The molecule has 0 saturated carbocycles. The van der Waals surface area contributed by atoms with Crippen LogP contribution in [0, 0.1) is 5.82 Å². The minimum Gasteiger partial charge on any atom is -0.326 e. The van der Waals surface area contributed by atoms with E-state index in [1.807, 2.05) is 20.9 Å². The highest BCUT2D eigenvalue weighted by Crippen LogP contribution is 2.27. The number of halogens is 1. The van der Waals surface area contributed by atoms with Crippen LogP contribution in [0.4, 0.5) is 4.39 Å². The molecule has 1 aliphatic rings. The molecular formula is C14H22FN3O2S. The van der Waals surface area contributed by atoms with Crippen molar-refractivity contribution in [3.05, 3.63) is 29.6 Å². The van der Waals surface area contributed by atoms with E-state index in [4.69, 9.17) is 5.73 Å². The van der Waals surface area contributed by atoms with Crippen molar-refractivity contribution in [2.24, 2.45) is 5.73 Å². The number of rotatable bonds is 3. The molecule has 118 valence electrons. The smallest absolute Gasteiger partial charge is 0.243 e. The van der Waals surface area contributed by atoms with Gasteiger partial charge >= 0.3 is 0 Å². The molecule has 1 aliphatic heterocycles. The Labute approximate surface area is 125 Å². The second-order valence-corrected chi connectivity index (χ2v) is 7.94. The molecule has 21 heavy (non-hydrogen) atoms. The Kier molecular flexibility index (Phi) is 4.39. The third-order valence-corrected chi connectivity index (χ3v) is 6.08. The molecule has 0 aromatic heterocycles. The summed E-state index contributed by atoms with van der Waals surface area (Å²) >= 11 is 0. The van der Waals surface area contributed by atoms with Crippen molar-refractivity contribution in [2.45, 2.75) is 30.8 Å². The molecule has 1 aromatic rings. The van der Waals surface area contributed by atoms with E-state index in [0.29, 0.717) is 25.2 Å². The van der Waals surface area contributed by atoms with Crippen LogP contribution in [0.5, 0.6) is 0 Å². The first-order valence-corrected chi connectivity index (χ1v) is 8.32. The first kappa shape index (κ1) is 16.4. The Balaban J connectivity index is 2.41. The zero-order chi connectivity index (χ0) is 15.8. The van der Waals surface area contributed by atoms with Gasteiger partial charge in [0.2, 0.25) is 10.0 Å². The largest absolute Gasteiger partial charge is 0.326 e. The number of nitrogens with zero attached hydrogens (tertiary/aromatic N) is 2. The summed E-state index contributed by atoms with van der Waals surface area (Å²) in [6, 6.07) is 3.72. The van der Waals surface area contributed by atoms with Gasteiger partial charge in [0, 0.05) is 31.7 Å². The minimum absolute atomic E-state index is 0.0228. The quantitative estimate of drug-likeness (QED) is 0.903. The molecule has 0 unspecified atom stereocenters. The first-order chi connectivity index (χ1) is 9.68. The predicted octanol–water partition coefficient (Wildman–Crippen LogP) is 0.999. The van der Waals surface area contributed by atoms with Crippen molar-refractivity contribution in [1.29, 1.82) is 0 Å². The summed E-state index contributed by atoms with van der Waals surface area (Å²) in [5.74, 6) is -0.570. The monoisotopic (exact) mass is 315 g/mol. The van der Waals surface area contributed by atoms with Crippen LogP contribution in [0.25, 0.3) is 0 Å². The van der Waals surface area contributed by atoms with E-state index < -0.39 is 15.8 Å². The molecule has 1 saturated heterocycles. The highest BCUT2D eigenvalue weighted by Gasteiger charge is 2.37. The minimum atomic E-state index is -3.74. The van der Waals surface area contributed by atoms with Crippen molar-refractivity contribution < 1.29 is 12.8 Å². The van der Waals surface area contributed by atoms with Crippen LogP contribution < -0.4 is 5.73 Å². The van der Waals surface area contributed by atoms with E-state index in [2.05, 4.69) is 4.90 Å².